The lowest BCUT2D eigenvalue weighted by Gasteiger charge is -2.09. The van der Waals surface area contributed by atoms with Crippen LogP contribution < -0.4 is 4.18 Å². The van der Waals surface area contributed by atoms with E-state index in [0.29, 0.717) is 10.0 Å². The first-order valence-corrected chi connectivity index (χ1v) is 8.00. The average molecular weight is 357 g/mol. The molecule has 6 heteroatoms. The van der Waals surface area contributed by atoms with Gasteiger partial charge < -0.3 is 9.29 Å². The maximum absolute atomic E-state index is 12.1. The molecule has 106 valence electrons. The van der Waals surface area contributed by atoms with Crippen molar-refractivity contribution in [2.45, 2.75) is 18.7 Å². The second-order valence-electron chi connectivity index (χ2n) is 4.42. The number of aryl methyl sites for hydroxylation is 2. The maximum Gasteiger partial charge on any atom is 0.339 e. The lowest BCUT2D eigenvalue weighted by molar-refractivity contribution is 0.460. The summed E-state index contributed by atoms with van der Waals surface area (Å²) in [6.07, 6.45) is 0. The average Bonchev–Trinajstić information content (AvgIpc) is 2.36. The molecule has 0 atom stereocenters. The molecule has 4 nitrogen and oxygen atoms in total. The summed E-state index contributed by atoms with van der Waals surface area (Å²) in [4.78, 5) is 0.0724. The zero-order valence-corrected chi connectivity index (χ0v) is 13.3. The van der Waals surface area contributed by atoms with Crippen molar-refractivity contribution in [3.63, 3.8) is 0 Å². The molecule has 0 saturated carbocycles. The van der Waals surface area contributed by atoms with Crippen molar-refractivity contribution in [1.29, 1.82) is 0 Å². The fourth-order valence-electron chi connectivity index (χ4n) is 1.65. The first-order chi connectivity index (χ1) is 9.29. The van der Waals surface area contributed by atoms with Gasteiger partial charge in [-0.25, -0.2) is 0 Å². The molecule has 2 rings (SSSR count). The fourth-order valence-corrected chi connectivity index (χ4v) is 2.79. The SMILES string of the molecule is Cc1ccc(S(=O)(=O)Oc2cc(C)c(Br)c(O)c2)cc1. The number of aromatic hydroxyl groups is 1. The lowest BCUT2D eigenvalue weighted by Crippen LogP contribution is -2.09. The molecule has 0 saturated heterocycles. The van der Waals surface area contributed by atoms with Crippen molar-refractivity contribution in [3.05, 3.63) is 52.0 Å². The highest BCUT2D eigenvalue weighted by Gasteiger charge is 2.17. The lowest BCUT2D eigenvalue weighted by atomic mass is 10.2. The van der Waals surface area contributed by atoms with Gasteiger partial charge in [0, 0.05) is 6.07 Å². The number of rotatable bonds is 3. The van der Waals surface area contributed by atoms with Crippen molar-refractivity contribution >= 4 is 26.0 Å². The van der Waals surface area contributed by atoms with E-state index in [1.807, 2.05) is 6.92 Å². The van der Waals surface area contributed by atoms with Crippen LogP contribution in [0.3, 0.4) is 0 Å². The van der Waals surface area contributed by atoms with Gasteiger partial charge in [0.1, 0.15) is 16.4 Å². The summed E-state index contributed by atoms with van der Waals surface area (Å²) in [5.41, 5.74) is 1.64. The van der Waals surface area contributed by atoms with E-state index < -0.39 is 10.1 Å². The van der Waals surface area contributed by atoms with E-state index in [2.05, 4.69) is 15.9 Å². The fraction of sp³-hybridized carbons (Fsp3) is 0.143. The summed E-state index contributed by atoms with van der Waals surface area (Å²) < 4.78 is 29.8. The van der Waals surface area contributed by atoms with E-state index >= 15 is 0 Å². The highest BCUT2D eigenvalue weighted by atomic mass is 79.9. The van der Waals surface area contributed by atoms with Crippen LogP contribution >= 0.6 is 15.9 Å². The van der Waals surface area contributed by atoms with Gasteiger partial charge in [-0.05, 0) is 53.5 Å². The molecule has 0 fully saturated rings. The summed E-state index contributed by atoms with van der Waals surface area (Å²) >= 11 is 3.19. The molecule has 20 heavy (non-hydrogen) atoms. The van der Waals surface area contributed by atoms with Gasteiger partial charge in [0.2, 0.25) is 0 Å². The molecule has 2 aromatic carbocycles. The molecule has 0 aliphatic rings. The van der Waals surface area contributed by atoms with Crippen LogP contribution in [0.25, 0.3) is 0 Å². The Morgan fingerprint density at radius 3 is 2.25 bits per heavy atom. The van der Waals surface area contributed by atoms with Gasteiger partial charge >= 0.3 is 10.1 Å². The van der Waals surface area contributed by atoms with Crippen molar-refractivity contribution in [2.24, 2.45) is 0 Å². The first kappa shape index (κ1) is 14.9. The minimum Gasteiger partial charge on any atom is -0.507 e. The van der Waals surface area contributed by atoms with Crippen LogP contribution in [-0.4, -0.2) is 13.5 Å². The Kier molecular flexibility index (Phi) is 4.06. The number of hydrogen-bond acceptors (Lipinski definition) is 4. The largest absolute Gasteiger partial charge is 0.507 e. The predicted molar refractivity (Wildman–Crippen MR) is 79.5 cm³/mol. The van der Waals surface area contributed by atoms with E-state index in [9.17, 15) is 13.5 Å². The maximum atomic E-state index is 12.1. The zero-order chi connectivity index (χ0) is 14.9. The molecular weight excluding hydrogens is 344 g/mol. The minimum absolute atomic E-state index is 0.0703. The second-order valence-corrected chi connectivity index (χ2v) is 6.76. The van der Waals surface area contributed by atoms with Crippen LogP contribution in [0.1, 0.15) is 11.1 Å². The zero-order valence-electron chi connectivity index (χ0n) is 10.9. The highest BCUT2D eigenvalue weighted by Crippen LogP contribution is 2.33. The van der Waals surface area contributed by atoms with Crippen molar-refractivity contribution < 1.29 is 17.7 Å². The summed E-state index contributed by atoms with van der Waals surface area (Å²) in [6, 6.07) is 9.14. The molecule has 0 amide bonds. The quantitative estimate of drug-likeness (QED) is 0.854. The van der Waals surface area contributed by atoms with Crippen LogP contribution in [0.5, 0.6) is 11.5 Å². The summed E-state index contributed by atoms with van der Waals surface area (Å²) in [7, 11) is -3.90. The van der Waals surface area contributed by atoms with Crippen molar-refractivity contribution in [2.75, 3.05) is 0 Å². The van der Waals surface area contributed by atoms with Crippen LogP contribution in [0, 0.1) is 13.8 Å². The number of halogens is 1. The third kappa shape index (κ3) is 3.13. The standard InChI is InChI=1S/C14H13BrO4S/c1-9-3-5-12(6-4-9)20(17,18)19-11-7-10(2)14(15)13(16)8-11/h3-8,16H,1-2H3. The number of benzene rings is 2. The van der Waals surface area contributed by atoms with Gasteiger partial charge in [-0.1, -0.05) is 17.7 Å². The molecular formula is C14H13BrO4S. The van der Waals surface area contributed by atoms with Crippen LogP contribution in [0.15, 0.2) is 45.8 Å². The van der Waals surface area contributed by atoms with Gasteiger partial charge in [0.15, 0.2) is 0 Å². The smallest absolute Gasteiger partial charge is 0.339 e. The Bertz CT molecular complexity index is 713. The van der Waals surface area contributed by atoms with E-state index in [-0.39, 0.29) is 16.4 Å². The normalized spacial score (nSPS) is 11.3. The molecule has 0 radical (unpaired) electrons. The van der Waals surface area contributed by atoms with Crippen LogP contribution in [0.4, 0.5) is 0 Å². The van der Waals surface area contributed by atoms with Gasteiger partial charge in [-0.3, -0.25) is 0 Å². The van der Waals surface area contributed by atoms with Gasteiger partial charge in [0.05, 0.1) is 4.47 Å². The van der Waals surface area contributed by atoms with Crippen LogP contribution in [-0.2, 0) is 10.1 Å². The molecule has 2 aromatic rings. The van der Waals surface area contributed by atoms with E-state index in [1.165, 1.54) is 24.3 Å². The first-order valence-electron chi connectivity index (χ1n) is 5.80. The molecule has 0 heterocycles. The van der Waals surface area contributed by atoms with Crippen molar-refractivity contribution in [3.8, 4) is 11.5 Å². The summed E-state index contributed by atoms with van der Waals surface area (Å²) in [6.45, 7) is 3.60. The topological polar surface area (TPSA) is 63.6 Å². The molecule has 1 N–H and O–H groups in total. The Morgan fingerprint density at radius 2 is 1.70 bits per heavy atom. The second kappa shape index (κ2) is 5.46. The third-order valence-corrected chi connectivity index (χ3v) is 5.02. The Hall–Kier alpha value is -1.53. The monoisotopic (exact) mass is 356 g/mol. The Morgan fingerprint density at radius 1 is 1.10 bits per heavy atom. The van der Waals surface area contributed by atoms with Crippen LogP contribution in [0.2, 0.25) is 0 Å². The minimum atomic E-state index is -3.90. The highest BCUT2D eigenvalue weighted by molar-refractivity contribution is 9.10. The predicted octanol–water partition coefficient (Wildman–Crippen LogP) is 3.54. The summed E-state index contributed by atoms with van der Waals surface area (Å²) in [5, 5.41) is 9.66. The molecule has 0 aliphatic heterocycles. The number of phenols is 1. The number of phenolic OH excluding ortho intramolecular Hbond substituents is 1. The third-order valence-electron chi connectivity index (χ3n) is 2.72. The Balaban J connectivity index is 2.36. The number of hydrogen-bond donors (Lipinski definition) is 1. The molecule has 0 spiro atoms. The van der Waals surface area contributed by atoms with E-state index in [4.69, 9.17) is 4.18 Å². The molecule has 0 bridgehead atoms. The molecule has 0 aromatic heterocycles. The molecule has 0 aliphatic carbocycles. The van der Waals surface area contributed by atoms with Crippen molar-refractivity contribution in [1.82, 2.24) is 0 Å². The van der Waals surface area contributed by atoms with Gasteiger partial charge in [-0.15, -0.1) is 0 Å². The van der Waals surface area contributed by atoms with E-state index in [1.54, 1.807) is 19.1 Å². The van der Waals surface area contributed by atoms with Gasteiger partial charge in [-0.2, -0.15) is 8.42 Å². The molecule has 0 unspecified atom stereocenters. The Labute approximate surface area is 126 Å². The van der Waals surface area contributed by atoms with Gasteiger partial charge in [0.25, 0.3) is 0 Å². The summed E-state index contributed by atoms with van der Waals surface area (Å²) in [5.74, 6) is 0.00267. The van der Waals surface area contributed by atoms with E-state index in [0.717, 1.165) is 5.56 Å².